The van der Waals surface area contributed by atoms with Crippen molar-refractivity contribution in [1.82, 2.24) is 4.98 Å². The van der Waals surface area contributed by atoms with Crippen LogP contribution in [0.3, 0.4) is 0 Å². The van der Waals surface area contributed by atoms with Gasteiger partial charge in [-0.2, -0.15) is 0 Å². The molecule has 1 nitrogen and oxygen atoms in total. The molecule has 0 bridgehead atoms. The molecule has 0 N–H and O–H groups in total. The molecule has 0 radical (unpaired) electrons. The Kier molecular flexibility index (Phi) is 4.86. The molecule has 0 atom stereocenters. The molecule has 0 saturated carbocycles. The maximum absolute atomic E-state index is 12.6. The second kappa shape index (κ2) is 5.37. The van der Waals surface area contributed by atoms with E-state index in [1.807, 2.05) is 0 Å². The largest absolute Gasteiger partial charge is 1.00 e. The van der Waals surface area contributed by atoms with Gasteiger partial charge in [0.05, 0.1) is 0 Å². The first kappa shape index (κ1) is 14.5. The Morgan fingerprint density at radius 3 is 2.38 bits per heavy atom. The maximum atomic E-state index is 12.6. The smallest absolute Gasteiger partial charge is 0.445 e. The van der Waals surface area contributed by atoms with Crippen molar-refractivity contribution in [3.8, 4) is 0 Å². The number of aromatic nitrogens is 1. The van der Waals surface area contributed by atoms with Crippen molar-refractivity contribution in [3.63, 3.8) is 0 Å². The molecular weight excluding hydrogens is 264 g/mol. The molecule has 2 aromatic rings. The molecule has 16 heavy (non-hydrogen) atoms. The van der Waals surface area contributed by atoms with E-state index in [4.69, 9.17) is 11.6 Å². The van der Waals surface area contributed by atoms with Gasteiger partial charge >= 0.3 is 58.4 Å². The quantitative estimate of drug-likeness (QED) is 0.522. The van der Waals surface area contributed by atoms with E-state index in [9.17, 15) is 12.9 Å². The van der Waals surface area contributed by atoms with E-state index in [-0.39, 0.29) is 62.1 Å². The summed E-state index contributed by atoms with van der Waals surface area (Å²) in [7, 11) is 0. The van der Waals surface area contributed by atoms with Gasteiger partial charge in [-0.25, -0.2) is 4.98 Å². The third kappa shape index (κ3) is 3.00. The molecule has 0 aliphatic rings. The van der Waals surface area contributed by atoms with Crippen molar-refractivity contribution < 1.29 is 64.3 Å². The van der Waals surface area contributed by atoms with Crippen molar-refractivity contribution in [2.75, 3.05) is 0 Å². The van der Waals surface area contributed by atoms with Crippen LogP contribution in [-0.2, 0) is 0 Å². The van der Waals surface area contributed by atoms with E-state index in [1.165, 1.54) is 18.2 Å². The predicted octanol–water partition coefficient (Wildman–Crippen LogP) is -0.0534. The molecule has 0 fully saturated rings. The van der Waals surface area contributed by atoms with E-state index in [2.05, 4.69) is 4.98 Å². The van der Waals surface area contributed by atoms with Crippen LogP contribution in [0.5, 0.6) is 0 Å². The van der Waals surface area contributed by atoms with Gasteiger partial charge in [-0.1, -0.05) is 35.3 Å². The monoisotopic (exact) mass is 269 g/mol. The Morgan fingerprint density at radius 1 is 1.06 bits per heavy atom. The molecule has 1 aromatic carbocycles. The molecule has 0 aliphatic heterocycles. The molecule has 7 heteroatoms. The van der Waals surface area contributed by atoms with Crippen LogP contribution in [0, 0.1) is 0 Å². The van der Waals surface area contributed by atoms with Gasteiger partial charge in [0.15, 0.2) is 0 Å². The summed E-state index contributed by atoms with van der Waals surface area (Å²) in [6.07, 6.45) is 0. The van der Waals surface area contributed by atoms with Crippen LogP contribution in [0.4, 0.5) is 12.9 Å². The summed E-state index contributed by atoms with van der Waals surface area (Å²) in [4.78, 5) is 3.70. The minimum atomic E-state index is -5.05. The molecule has 78 valence electrons. The van der Waals surface area contributed by atoms with Crippen molar-refractivity contribution in [2.24, 2.45) is 0 Å². The molecule has 0 amide bonds. The van der Waals surface area contributed by atoms with E-state index in [1.54, 1.807) is 6.07 Å². The summed E-state index contributed by atoms with van der Waals surface area (Å²) in [5.74, 6) is 0. The van der Waals surface area contributed by atoms with E-state index >= 15 is 0 Å². The van der Waals surface area contributed by atoms with Gasteiger partial charge in [0.25, 0.3) is 0 Å². The molecule has 0 saturated heterocycles. The van der Waals surface area contributed by atoms with Crippen LogP contribution in [0.15, 0.2) is 30.3 Å². The number of hydrogen-bond donors (Lipinski definition) is 0. The summed E-state index contributed by atoms with van der Waals surface area (Å²) in [6, 6.07) is 6.95. The van der Waals surface area contributed by atoms with Gasteiger partial charge in [0.1, 0.15) is 5.15 Å². The molecule has 2 rings (SSSR count). The summed E-state index contributed by atoms with van der Waals surface area (Å²) >= 11 is 5.57. The predicted molar refractivity (Wildman–Crippen MR) is 55.5 cm³/mol. The number of fused-ring (bicyclic) bond motifs is 1. The van der Waals surface area contributed by atoms with Crippen LogP contribution in [-0.4, -0.2) is 12.0 Å². The fraction of sp³-hybridized carbons (Fsp3) is 0. The average Bonchev–Trinajstić information content (AvgIpc) is 2.15. The first-order chi connectivity index (χ1) is 6.98. The number of benzene rings is 1. The molecule has 1 aromatic heterocycles. The molecule has 1 heterocycles. The zero-order valence-electron chi connectivity index (χ0n) is 8.42. The maximum Gasteiger partial charge on any atom is 1.00 e. The van der Waals surface area contributed by atoms with E-state index < -0.39 is 12.4 Å². The summed E-state index contributed by atoms with van der Waals surface area (Å²) in [5.41, 5.74) is -0.785. The topological polar surface area (TPSA) is 12.9 Å². The van der Waals surface area contributed by atoms with Crippen molar-refractivity contribution in [1.29, 1.82) is 0 Å². The van der Waals surface area contributed by atoms with Gasteiger partial charge in [0.2, 0.25) is 0 Å². The van der Waals surface area contributed by atoms with Crippen molar-refractivity contribution in [2.45, 2.75) is 0 Å². The Hall–Kier alpha value is 0.411. The van der Waals surface area contributed by atoms with E-state index in [0.29, 0.717) is 5.39 Å². The van der Waals surface area contributed by atoms with Gasteiger partial charge in [-0.05, 0) is 17.5 Å². The average molecular weight is 270 g/mol. The minimum absolute atomic E-state index is 0. The van der Waals surface area contributed by atoms with Gasteiger partial charge < -0.3 is 12.9 Å². The Labute approximate surface area is 138 Å². The fourth-order valence-electron chi connectivity index (χ4n) is 1.41. The standard InChI is InChI=1S/C9H5BClF3N.K/c11-8-5-4-6-2-1-3-7(9(6)15-8)10(12,13)14;/h1-5H;/q-1;+1. The zero-order valence-corrected chi connectivity index (χ0v) is 12.3. The zero-order chi connectivity index (χ0) is 11.1. The van der Waals surface area contributed by atoms with Crippen LogP contribution < -0.4 is 56.8 Å². The number of rotatable bonds is 1. The number of para-hydroxylation sites is 1. The fourth-order valence-corrected chi connectivity index (χ4v) is 1.56. The third-order valence-electron chi connectivity index (χ3n) is 2.07. The minimum Gasteiger partial charge on any atom is -0.445 e. The van der Waals surface area contributed by atoms with Gasteiger partial charge in [-0.15, -0.1) is 0 Å². The van der Waals surface area contributed by atoms with E-state index in [0.717, 1.165) is 6.07 Å². The van der Waals surface area contributed by atoms with Gasteiger partial charge in [-0.3, -0.25) is 0 Å². The summed E-state index contributed by atoms with van der Waals surface area (Å²) < 4.78 is 37.9. The number of hydrogen-bond acceptors (Lipinski definition) is 1. The molecule has 0 aliphatic carbocycles. The Bertz CT molecular complexity index is 518. The van der Waals surface area contributed by atoms with Gasteiger partial charge in [0, 0.05) is 5.52 Å². The number of pyridine rings is 1. The summed E-state index contributed by atoms with van der Waals surface area (Å²) in [5, 5.41) is 0.506. The van der Waals surface area contributed by atoms with Crippen molar-refractivity contribution in [3.05, 3.63) is 35.5 Å². The number of nitrogens with zero attached hydrogens (tertiary/aromatic N) is 1. The van der Waals surface area contributed by atoms with Crippen LogP contribution >= 0.6 is 11.6 Å². The molecule has 0 spiro atoms. The Balaban J connectivity index is 0.00000128. The SMILES string of the molecule is F[B-](F)(F)c1cccc2ccc(Cl)nc12.[K+]. The first-order valence-electron chi connectivity index (χ1n) is 4.23. The third-order valence-corrected chi connectivity index (χ3v) is 2.28. The number of halogens is 4. The van der Waals surface area contributed by atoms with Crippen molar-refractivity contribution >= 4 is 34.9 Å². The van der Waals surface area contributed by atoms with Crippen LogP contribution in [0.2, 0.25) is 5.15 Å². The Morgan fingerprint density at radius 2 is 1.75 bits per heavy atom. The second-order valence-corrected chi connectivity index (χ2v) is 3.51. The van der Waals surface area contributed by atoms with Crippen LogP contribution in [0.1, 0.15) is 0 Å². The molecular formula is C9H5BClF3KN. The first-order valence-corrected chi connectivity index (χ1v) is 4.61. The molecule has 0 unspecified atom stereocenters. The normalized spacial score (nSPS) is 11.2. The van der Waals surface area contributed by atoms with Crippen LogP contribution in [0.25, 0.3) is 10.9 Å². The summed E-state index contributed by atoms with van der Waals surface area (Å²) in [6.45, 7) is -5.05. The second-order valence-electron chi connectivity index (χ2n) is 3.13.